The van der Waals surface area contributed by atoms with Crippen molar-refractivity contribution in [1.29, 1.82) is 0 Å². The van der Waals surface area contributed by atoms with E-state index in [1.807, 2.05) is 91.0 Å². The molecule has 0 fully saturated rings. The molecule has 4 rings (SSSR count). The molecule has 128 valence electrons. The highest BCUT2D eigenvalue weighted by Crippen LogP contribution is 2.47. The van der Waals surface area contributed by atoms with Gasteiger partial charge in [-0.1, -0.05) is 91.0 Å². The summed E-state index contributed by atoms with van der Waals surface area (Å²) in [4.78, 5) is 0. The van der Waals surface area contributed by atoms with Crippen LogP contribution in [0.15, 0.2) is 97.2 Å². The van der Waals surface area contributed by atoms with Gasteiger partial charge in [0.2, 0.25) is 0 Å². The van der Waals surface area contributed by atoms with Crippen LogP contribution in [0.5, 0.6) is 0 Å². The summed E-state index contributed by atoms with van der Waals surface area (Å²) in [5.41, 5.74) is 2.68. The number of aliphatic hydroxyl groups excluding tert-OH is 1. The second-order valence-corrected chi connectivity index (χ2v) is 6.20. The molecule has 0 radical (unpaired) electrons. The van der Waals surface area contributed by atoms with Crippen LogP contribution in [0.3, 0.4) is 0 Å². The summed E-state index contributed by atoms with van der Waals surface area (Å²) in [5.74, 6) is 0. The molecular weight excluding hydrogens is 322 g/mol. The van der Waals surface area contributed by atoms with E-state index in [2.05, 4.69) is 15.4 Å². The van der Waals surface area contributed by atoms with Gasteiger partial charge < -0.3 is 5.11 Å². The first-order chi connectivity index (χ1) is 12.8. The SMILES string of the molecule is OC(c1cn[nH]n1)C(c1ccccc1)(c1ccccc1)c1ccccc1. The van der Waals surface area contributed by atoms with Crippen molar-refractivity contribution in [2.45, 2.75) is 11.5 Å². The Hall–Kier alpha value is -3.24. The Bertz CT molecular complexity index is 842. The van der Waals surface area contributed by atoms with Crippen LogP contribution in [0.4, 0.5) is 0 Å². The smallest absolute Gasteiger partial charge is 0.117 e. The summed E-state index contributed by atoms with van der Waals surface area (Å²) in [5, 5.41) is 22.2. The highest BCUT2D eigenvalue weighted by atomic mass is 16.3. The van der Waals surface area contributed by atoms with Crippen molar-refractivity contribution in [3.63, 3.8) is 0 Å². The van der Waals surface area contributed by atoms with Crippen LogP contribution in [0.2, 0.25) is 0 Å². The van der Waals surface area contributed by atoms with Gasteiger partial charge in [-0.15, -0.1) is 0 Å². The standard InChI is InChI=1S/C22H19N3O/c26-21(20-16-23-25-24-20)22(17-10-4-1-5-11-17,18-12-6-2-7-13-18)19-14-8-3-9-15-19/h1-16,21,26H,(H,23,24,25). The maximum Gasteiger partial charge on any atom is 0.117 e. The first-order valence-corrected chi connectivity index (χ1v) is 8.54. The van der Waals surface area contributed by atoms with Crippen molar-refractivity contribution in [2.24, 2.45) is 0 Å². The van der Waals surface area contributed by atoms with Gasteiger partial charge in [0.15, 0.2) is 0 Å². The third-order valence-corrected chi connectivity index (χ3v) is 4.81. The number of hydrogen-bond donors (Lipinski definition) is 2. The number of H-pyrrole nitrogens is 1. The van der Waals surface area contributed by atoms with Crippen LogP contribution in [-0.2, 0) is 5.41 Å². The Labute approximate surface area is 152 Å². The average Bonchev–Trinajstić information content (AvgIpc) is 3.26. The molecule has 4 aromatic rings. The maximum atomic E-state index is 11.6. The monoisotopic (exact) mass is 341 g/mol. The van der Waals surface area contributed by atoms with Gasteiger partial charge in [0, 0.05) is 0 Å². The lowest BCUT2D eigenvalue weighted by molar-refractivity contribution is 0.118. The molecule has 0 spiro atoms. The molecule has 1 atom stereocenters. The van der Waals surface area contributed by atoms with Crippen molar-refractivity contribution in [1.82, 2.24) is 15.4 Å². The Morgan fingerprint density at radius 2 is 1.12 bits per heavy atom. The van der Waals surface area contributed by atoms with Gasteiger partial charge in [0.1, 0.15) is 11.8 Å². The lowest BCUT2D eigenvalue weighted by Gasteiger charge is -2.39. The fraction of sp³-hybridized carbons (Fsp3) is 0.0909. The molecule has 0 aliphatic heterocycles. The summed E-state index contributed by atoms with van der Waals surface area (Å²) in [6.45, 7) is 0. The number of benzene rings is 3. The fourth-order valence-electron chi connectivity index (χ4n) is 3.64. The number of nitrogens with one attached hydrogen (secondary N) is 1. The van der Waals surface area contributed by atoms with E-state index in [9.17, 15) is 5.11 Å². The van der Waals surface area contributed by atoms with Crippen molar-refractivity contribution in [3.05, 3.63) is 120 Å². The number of aromatic nitrogens is 3. The zero-order valence-electron chi connectivity index (χ0n) is 14.2. The highest BCUT2D eigenvalue weighted by Gasteiger charge is 2.44. The highest BCUT2D eigenvalue weighted by molar-refractivity contribution is 5.52. The summed E-state index contributed by atoms with van der Waals surface area (Å²) in [7, 11) is 0. The quantitative estimate of drug-likeness (QED) is 0.542. The first kappa shape index (κ1) is 16.2. The van der Waals surface area contributed by atoms with Crippen LogP contribution in [0, 0.1) is 0 Å². The van der Waals surface area contributed by atoms with Crippen LogP contribution < -0.4 is 0 Å². The Morgan fingerprint density at radius 3 is 1.46 bits per heavy atom. The van der Waals surface area contributed by atoms with E-state index in [0.29, 0.717) is 5.69 Å². The minimum atomic E-state index is -0.909. The Balaban J connectivity index is 2.07. The van der Waals surface area contributed by atoms with E-state index in [4.69, 9.17) is 0 Å². The number of aromatic amines is 1. The second kappa shape index (κ2) is 6.94. The van der Waals surface area contributed by atoms with E-state index in [-0.39, 0.29) is 0 Å². The summed E-state index contributed by atoms with van der Waals surface area (Å²) in [6.07, 6.45) is 0.669. The van der Waals surface area contributed by atoms with Crippen LogP contribution in [-0.4, -0.2) is 20.5 Å². The maximum absolute atomic E-state index is 11.6. The molecule has 0 saturated carbocycles. The van der Waals surface area contributed by atoms with E-state index >= 15 is 0 Å². The molecule has 0 amide bonds. The predicted molar refractivity (Wildman–Crippen MR) is 101 cm³/mol. The molecule has 0 bridgehead atoms. The van der Waals surface area contributed by atoms with Crippen molar-refractivity contribution >= 4 is 0 Å². The number of nitrogens with zero attached hydrogens (tertiary/aromatic N) is 2. The summed E-state index contributed by atoms with van der Waals surface area (Å²) in [6, 6.07) is 30.2. The molecule has 1 aromatic heterocycles. The van der Waals surface area contributed by atoms with Crippen molar-refractivity contribution in [2.75, 3.05) is 0 Å². The molecular formula is C22H19N3O. The molecule has 0 aliphatic rings. The average molecular weight is 341 g/mol. The fourth-order valence-corrected chi connectivity index (χ4v) is 3.64. The normalized spacial score (nSPS) is 12.7. The molecule has 4 heteroatoms. The van der Waals surface area contributed by atoms with Gasteiger partial charge in [-0.25, -0.2) is 0 Å². The van der Waals surface area contributed by atoms with E-state index in [1.165, 1.54) is 0 Å². The molecule has 26 heavy (non-hydrogen) atoms. The minimum absolute atomic E-state index is 0.501. The third-order valence-electron chi connectivity index (χ3n) is 4.81. The van der Waals surface area contributed by atoms with Crippen molar-refractivity contribution in [3.8, 4) is 0 Å². The van der Waals surface area contributed by atoms with Gasteiger partial charge in [0.25, 0.3) is 0 Å². The molecule has 1 unspecified atom stereocenters. The van der Waals surface area contributed by atoms with Crippen LogP contribution in [0.25, 0.3) is 0 Å². The zero-order valence-corrected chi connectivity index (χ0v) is 14.2. The number of aliphatic hydroxyl groups is 1. The lowest BCUT2D eigenvalue weighted by Crippen LogP contribution is -2.36. The van der Waals surface area contributed by atoms with Gasteiger partial charge >= 0.3 is 0 Å². The number of hydrogen-bond acceptors (Lipinski definition) is 3. The van der Waals surface area contributed by atoms with Gasteiger partial charge in [-0.2, -0.15) is 15.4 Å². The molecule has 3 aromatic carbocycles. The largest absolute Gasteiger partial charge is 0.385 e. The first-order valence-electron chi connectivity index (χ1n) is 8.54. The second-order valence-electron chi connectivity index (χ2n) is 6.20. The lowest BCUT2D eigenvalue weighted by atomic mass is 9.65. The van der Waals surface area contributed by atoms with Crippen LogP contribution >= 0.6 is 0 Å². The molecule has 1 heterocycles. The Kier molecular flexibility index (Phi) is 4.33. The van der Waals surface area contributed by atoms with Gasteiger partial charge in [-0.3, -0.25) is 0 Å². The Morgan fingerprint density at radius 1 is 0.692 bits per heavy atom. The van der Waals surface area contributed by atoms with Crippen LogP contribution in [0.1, 0.15) is 28.5 Å². The topological polar surface area (TPSA) is 61.8 Å². The molecule has 4 nitrogen and oxygen atoms in total. The van der Waals surface area contributed by atoms with Gasteiger partial charge in [0.05, 0.1) is 11.6 Å². The van der Waals surface area contributed by atoms with E-state index in [0.717, 1.165) is 16.7 Å². The zero-order chi connectivity index (χ0) is 17.8. The van der Waals surface area contributed by atoms with Crippen molar-refractivity contribution < 1.29 is 5.11 Å². The molecule has 0 saturated heterocycles. The van der Waals surface area contributed by atoms with E-state index < -0.39 is 11.5 Å². The number of rotatable bonds is 5. The summed E-state index contributed by atoms with van der Waals surface area (Å²) >= 11 is 0. The van der Waals surface area contributed by atoms with E-state index in [1.54, 1.807) is 6.20 Å². The van der Waals surface area contributed by atoms with Gasteiger partial charge in [-0.05, 0) is 16.7 Å². The third kappa shape index (κ3) is 2.61. The predicted octanol–water partition coefficient (Wildman–Crippen LogP) is 3.87. The minimum Gasteiger partial charge on any atom is -0.385 e. The molecule has 2 N–H and O–H groups in total. The summed E-state index contributed by atoms with van der Waals surface area (Å²) < 4.78 is 0. The molecule has 0 aliphatic carbocycles.